The van der Waals surface area contributed by atoms with Crippen LogP contribution in [0.2, 0.25) is 0 Å². The van der Waals surface area contributed by atoms with Crippen LogP contribution in [0, 0.1) is 5.92 Å². The Morgan fingerprint density at radius 3 is 2.85 bits per heavy atom. The highest BCUT2D eigenvalue weighted by molar-refractivity contribution is 5.96. The molecule has 1 unspecified atom stereocenters. The van der Waals surface area contributed by atoms with E-state index in [1.165, 1.54) is 23.4 Å². The fourth-order valence-electron chi connectivity index (χ4n) is 4.33. The number of nitrogens with one attached hydrogen (secondary N) is 1. The smallest absolute Gasteiger partial charge is 0.261 e. The van der Waals surface area contributed by atoms with Gasteiger partial charge in [0.25, 0.3) is 6.43 Å². The van der Waals surface area contributed by atoms with Gasteiger partial charge in [-0.25, -0.2) is 8.78 Å². The van der Waals surface area contributed by atoms with Crippen molar-refractivity contribution in [3.05, 3.63) is 41.5 Å². The van der Waals surface area contributed by atoms with Crippen LogP contribution in [-0.4, -0.2) is 24.6 Å². The van der Waals surface area contributed by atoms with Crippen LogP contribution < -0.4 is 5.32 Å². The molecule has 3 rings (SSSR count). The number of carbonyl (C=O) groups excluding carboxylic acids is 1. The number of amides is 1. The second kappa shape index (κ2) is 7.29. The Balaban J connectivity index is 1.89. The highest BCUT2D eigenvalue weighted by Crippen LogP contribution is 2.50. The van der Waals surface area contributed by atoms with E-state index in [4.69, 9.17) is 0 Å². The van der Waals surface area contributed by atoms with Crippen molar-refractivity contribution in [3.8, 4) is 0 Å². The number of alkyl halides is 2. The molecule has 1 N–H and O–H groups in total. The zero-order valence-electron chi connectivity index (χ0n) is 15.5. The average molecular weight is 360 g/mol. The fraction of sp³-hybridized carbons (Fsp3) is 0.524. The molecule has 26 heavy (non-hydrogen) atoms. The summed E-state index contributed by atoms with van der Waals surface area (Å²) in [5.74, 6) is -0.987. The quantitative estimate of drug-likeness (QED) is 0.781. The summed E-state index contributed by atoms with van der Waals surface area (Å²) >= 11 is 0. The molecule has 1 aliphatic carbocycles. The summed E-state index contributed by atoms with van der Waals surface area (Å²) in [6.45, 7) is 6.60. The standard InChI is InChI=1S/C21H26F2N2O/c1-4-7-13-12-21(2,3)15-9-5-10-16(17(13)15)25-20(26)14-8-6-11-24-18(14)19(22)23/h5-6,8-11,13-14,18-19H,4,7,12H2,1-3H3,(H,25,26)/t13-,14-,18?/m1/s1. The Morgan fingerprint density at radius 2 is 2.15 bits per heavy atom. The van der Waals surface area contributed by atoms with Crippen molar-refractivity contribution in [2.24, 2.45) is 10.9 Å². The van der Waals surface area contributed by atoms with E-state index in [1.54, 1.807) is 6.08 Å². The molecular weight excluding hydrogens is 334 g/mol. The number of rotatable bonds is 5. The predicted molar refractivity (Wildman–Crippen MR) is 101 cm³/mol. The first kappa shape index (κ1) is 18.7. The Bertz CT molecular complexity index is 740. The summed E-state index contributed by atoms with van der Waals surface area (Å²) in [7, 11) is 0. The molecule has 0 bridgehead atoms. The Kier molecular flexibility index (Phi) is 5.26. The topological polar surface area (TPSA) is 41.5 Å². The van der Waals surface area contributed by atoms with Gasteiger partial charge >= 0.3 is 0 Å². The molecular formula is C21H26F2N2O. The van der Waals surface area contributed by atoms with E-state index in [0.29, 0.717) is 5.92 Å². The third kappa shape index (κ3) is 3.44. The molecule has 140 valence electrons. The molecule has 1 aromatic rings. The van der Waals surface area contributed by atoms with E-state index >= 15 is 0 Å². The molecule has 1 aromatic carbocycles. The second-order valence-corrected chi connectivity index (χ2v) is 7.86. The van der Waals surface area contributed by atoms with Crippen molar-refractivity contribution in [1.82, 2.24) is 0 Å². The van der Waals surface area contributed by atoms with E-state index < -0.39 is 24.3 Å². The normalized spacial score (nSPS) is 26.2. The lowest BCUT2D eigenvalue weighted by Crippen LogP contribution is -2.36. The van der Waals surface area contributed by atoms with Crippen molar-refractivity contribution in [1.29, 1.82) is 0 Å². The van der Waals surface area contributed by atoms with Gasteiger partial charge in [-0.3, -0.25) is 9.79 Å². The molecule has 0 spiro atoms. The molecule has 0 saturated carbocycles. The highest BCUT2D eigenvalue weighted by atomic mass is 19.3. The van der Waals surface area contributed by atoms with Gasteiger partial charge in [0.2, 0.25) is 5.91 Å². The SMILES string of the molecule is CCC[C@@H]1CC(C)(C)c2cccc(NC(=O)[C@@H]3C=CC=NC3C(F)F)c21. The van der Waals surface area contributed by atoms with E-state index in [2.05, 4.69) is 37.1 Å². The van der Waals surface area contributed by atoms with Crippen molar-refractivity contribution in [2.75, 3.05) is 5.32 Å². The van der Waals surface area contributed by atoms with Crippen LogP contribution in [-0.2, 0) is 10.2 Å². The summed E-state index contributed by atoms with van der Waals surface area (Å²) in [4.78, 5) is 16.5. The van der Waals surface area contributed by atoms with E-state index in [9.17, 15) is 13.6 Å². The first-order valence-corrected chi connectivity index (χ1v) is 9.27. The number of aliphatic imine (C=N–C) groups is 1. The number of halogens is 2. The summed E-state index contributed by atoms with van der Waals surface area (Å²) < 4.78 is 26.5. The van der Waals surface area contributed by atoms with E-state index in [1.807, 2.05) is 12.1 Å². The molecule has 1 heterocycles. The zero-order chi connectivity index (χ0) is 18.9. The zero-order valence-corrected chi connectivity index (χ0v) is 15.5. The summed E-state index contributed by atoms with van der Waals surface area (Å²) in [5, 5.41) is 2.93. The first-order valence-electron chi connectivity index (χ1n) is 9.27. The maximum absolute atomic E-state index is 13.2. The predicted octanol–water partition coefficient (Wildman–Crippen LogP) is 5.08. The van der Waals surface area contributed by atoms with Gasteiger partial charge in [-0.15, -0.1) is 0 Å². The molecule has 1 aliphatic heterocycles. The third-order valence-corrected chi connectivity index (χ3v) is 5.49. The monoisotopic (exact) mass is 360 g/mol. The van der Waals surface area contributed by atoms with Gasteiger partial charge < -0.3 is 5.32 Å². The van der Waals surface area contributed by atoms with Crippen molar-refractivity contribution in [2.45, 2.75) is 63.8 Å². The molecule has 3 nitrogen and oxygen atoms in total. The number of hydrogen-bond donors (Lipinski definition) is 1. The Labute approximate surface area is 153 Å². The number of dihydropyridines is 1. The van der Waals surface area contributed by atoms with Crippen LogP contribution in [0.15, 0.2) is 35.3 Å². The lowest BCUT2D eigenvalue weighted by atomic mass is 9.85. The number of hydrogen-bond acceptors (Lipinski definition) is 2. The summed E-state index contributed by atoms with van der Waals surface area (Å²) in [6, 6.07) is 4.62. The van der Waals surface area contributed by atoms with Crippen molar-refractivity contribution < 1.29 is 13.6 Å². The molecule has 0 aromatic heterocycles. The maximum Gasteiger partial charge on any atom is 0.261 e. The average Bonchev–Trinajstić information content (AvgIpc) is 2.86. The largest absolute Gasteiger partial charge is 0.325 e. The van der Waals surface area contributed by atoms with Gasteiger partial charge in [-0.2, -0.15) is 0 Å². The number of carbonyl (C=O) groups is 1. The van der Waals surface area contributed by atoms with Gasteiger partial charge in [0, 0.05) is 11.9 Å². The van der Waals surface area contributed by atoms with E-state index in [0.717, 1.165) is 24.9 Å². The molecule has 0 radical (unpaired) electrons. The van der Waals surface area contributed by atoms with Crippen LogP contribution in [0.5, 0.6) is 0 Å². The minimum Gasteiger partial charge on any atom is -0.325 e. The lowest BCUT2D eigenvalue weighted by Gasteiger charge is -2.23. The van der Waals surface area contributed by atoms with Crippen LogP contribution in [0.25, 0.3) is 0 Å². The van der Waals surface area contributed by atoms with Crippen LogP contribution in [0.4, 0.5) is 14.5 Å². The van der Waals surface area contributed by atoms with Crippen LogP contribution >= 0.6 is 0 Å². The number of allylic oxidation sites excluding steroid dienone is 1. The maximum atomic E-state index is 13.2. The molecule has 0 saturated heterocycles. The Morgan fingerprint density at radius 1 is 1.38 bits per heavy atom. The molecule has 1 amide bonds. The number of anilines is 1. The lowest BCUT2D eigenvalue weighted by molar-refractivity contribution is -0.120. The number of nitrogens with zero attached hydrogens (tertiary/aromatic N) is 1. The summed E-state index contributed by atoms with van der Waals surface area (Å²) in [6.07, 6.45) is 4.89. The Hall–Kier alpha value is -2.04. The molecule has 0 fully saturated rings. The minimum absolute atomic E-state index is 0.0520. The van der Waals surface area contributed by atoms with Gasteiger partial charge in [0.05, 0.1) is 5.92 Å². The van der Waals surface area contributed by atoms with Gasteiger partial charge in [0.1, 0.15) is 6.04 Å². The number of fused-ring (bicyclic) bond motifs is 1. The van der Waals surface area contributed by atoms with Crippen molar-refractivity contribution >= 4 is 17.8 Å². The van der Waals surface area contributed by atoms with Crippen LogP contribution in [0.1, 0.15) is 57.1 Å². The highest BCUT2D eigenvalue weighted by Gasteiger charge is 2.39. The molecule has 3 atom stereocenters. The fourth-order valence-corrected chi connectivity index (χ4v) is 4.33. The van der Waals surface area contributed by atoms with Gasteiger partial charge in [0.15, 0.2) is 0 Å². The molecule has 5 heteroatoms. The van der Waals surface area contributed by atoms with Gasteiger partial charge in [-0.1, -0.05) is 45.4 Å². The van der Waals surface area contributed by atoms with Crippen molar-refractivity contribution in [3.63, 3.8) is 0 Å². The third-order valence-electron chi connectivity index (χ3n) is 5.49. The number of benzene rings is 1. The van der Waals surface area contributed by atoms with Crippen LogP contribution in [0.3, 0.4) is 0 Å². The van der Waals surface area contributed by atoms with Gasteiger partial charge in [-0.05, 0) is 47.4 Å². The first-order chi connectivity index (χ1) is 12.3. The second-order valence-electron chi connectivity index (χ2n) is 7.86. The molecule has 2 aliphatic rings. The summed E-state index contributed by atoms with van der Waals surface area (Å²) in [5.41, 5.74) is 3.23. The van der Waals surface area contributed by atoms with E-state index in [-0.39, 0.29) is 5.41 Å². The minimum atomic E-state index is -2.67.